The van der Waals surface area contributed by atoms with Crippen LogP contribution in [0.2, 0.25) is 0 Å². The fourth-order valence-electron chi connectivity index (χ4n) is 2.09. The molecule has 0 spiro atoms. The first-order chi connectivity index (χ1) is 8.33. The van der Waals surface area contributed by atoms with Crippen molar-refractivity contribution in [1.82, 2.24) is 0 Å². The fraction of sp³-hybridized carbons (Fsp3) is 1.00. The van der Waals surface area contributed by atoms with Crippen molar-refractivity contribution < 1.29 is 9.47 Å². The van der Waals surface area contributed by atoms with Gasteiger partial charge in [0.05, 0.1) is 19.8 Å². The summed E-state index contributed by atoms with van der Waals surface area (Å²) in [4.78, 5) is 0. The van der Waals surface area contributed by atoms with Crippen molar-refractivity contribution in [3.8, 4) is 0 Å². The Morgan fingerprint density at radius 1 is 1.06 bits per heavy atom. The lowest BCUT2D eigenvalue weighted by Gasteiger charge is -2.40. The average molecular weight is 260 g/mol. The van der Waals surface area contributed by atoms with E-state index >= 15 is 0 Å². The molecule has 2 nitrogen and oxygen atoms in total. The van der Waals surface area contributed by atoms with Crippen molar-refractivity contribution in [1.29, 1.82) is 0 Å². The van der Waals surface area contributed by atoms with Crippen LogP contribution in [0.1, 0.15) is 51.9 Å². The van der Waals surface area contributed by atoms with Gasteiger partial charge in [-0.1, -0.05) is 32.6 Å². The van der Waals surface area contributed by atoms with Gasteiger partial charge in [0.1, 0.15) is 0 Å². The van der Waals surface area contributed by atoms with E-state index in [-0.39, 0.29) is 0 Å². The SMILES string of the molecule is CCC1(COCCCCCCCCS)COC1. The Bertz CT molecular complexity index is 176. The molecule has 0 aromatic carbocycles. The molecule has 0 amide bonds. The molecule has 0 aromatic heterocycles. The van der Waals surface area contributed by atoms with Gasteiger partial charge in [-0.15, -0.1) is 0 Å². The Morgan fingerprint density at radius 2 is 1.71 bits per heavy atom. The molecule has 1 saturated heterocycles. The van der Waals surface area contributed by atoms with Crippen molar-refractivity contribution in [3.05, 3.63) is 0 Å². The highest BCUT2D eigenvalue weighted by molar-refractivity contribution is 7.80. The zero-order chi connectivity index (χ0) is 12.4. The van der Waals surface area contributed by atoms with Gasteiger partial charge in [-0.25, -0.2) is 0 Å². The highest BCUT2D eigenvalue weighted by Crippen LogP contribution is 2.31. The number of ether oxygens (including phenoxy) is 2. The third kappa shape index (κ3) is 6.12. The second-order valence-electron chi connectivity index (χ2n) is 5.24. The fourth-order valence-corrected chi connectivity index (χ4v) is 2.32. The second kappa shape index (κ2) is 9.23. The Labute approximate surface area is 112 Å². The molecule has 0 radical (unpaired) electrons. The van der Waals surface area contributed by atoms with Gasteiger partial charge in [-0.2, -0.15) is 12.6 Å². The third-order valence-electron chi connectivity index (χ3n) is 3.67. The number of hydrogen-bond acceptors (Lipinski definition) is 3. The van der Waals surface area contributed by atoms with Crippen molar-refractivity contribution in [2.24, 2.45) is 5.41 Å². The van der Waals surface area contributed by atoms with Gasteiger partial charge < -0.3 is 9.47 Å². The molecule has 0 N–H and O–H groups in total. The summed E-state index contributed by atoms with van der Waals surface area (Å²) in [7, 11) is 0. The van der Waals surface area contributed by atoms with E-state index in [9.17, 15) is 0 Å². The summed E-state index contributed by atoms with van der Waals surface area (Å²) in [6, 6.07) is 0. The Balaban J connectivity index is 1.81. The van der Waals surface area contributed by atoms with E-state index in [1.165, 1.54) is 44.9 Å². The van der Waals surface area contributed by atoms with Crippen LogP contribution in [0.15, 0.2) is 0 Å². The second-order valence-corrected chi connectivity index (χ2v) is 5.69. The number of unbranched alkanes of at least 4 members (excludes halogenated alkanes) is 5. The molecule has 3 heteroatoms. The zero-order valence-corrected chi connectivity index (χ0v) is 12.1. The maximum atomic E-state index is 5.77. The third-order valence-corrected chi connectivity index (χ3v) is 3.99. The van der Waals surface area contributed by atoms with Crippen LogP contribution in [0, 0.1) is 5.41 Å². The van der Waals surface area contributed by atoms with E-state index in [1.807, 2.05) is 0 Å². The molecule has 1 aliphatic heterocycles. The summed E-state index contributed by atoms with van der Waals surface area (Å²) in [6.45, 7) is 5.84. The van der Waals surface area contributed by atoms with Crippen LogP contribution < -0.4 is 0 Å². The molecule has 0 saturated carbocycles. The summed E-state index contributed by atoms with van der Waals surface area (Å²) < 4.78 is 11.0. The summed E-state index contributed by atoms with van der Waals surface area (Å²) in [6.07, 6.45) is 8.99. The highest BCUT2D eigenvalue weighted by Gasteiger charge is 2.36. The van der Waals surface area contributed by atoms with Crippen LogP contribution in [-0.2, 0) is 9.47 Å². The summed E-state index contributed by atoms with van der Waals surface area (Å²) in [5.74, 6) is 1.03. The number of hydrogen-bond donors (Lipinski definition) is 1. The quantitative estimate of drug-likeness (QED) is 0.451. The van der Waals surface area contributed by atoms with Crippen LogP contribution in [0.25, 0.3) is 0 Å². The van der Waals surface area contributed by atoms with E-state index in [2.05, 4.69) is 19.6 Å². The molecule has 0 bridgehead atoms. The standard InChI is InChI=1S/C14H28O2S/c1-2-14(12-16-13-14)11-15-9-7-5-3-4-6-8-10-17/h17H,2-13H2,1H3. The molecule has 1 fully saturated rings. The predicted octanol–water partition coefficient (Wildman–Crippen LogP) is 3.70. The van der Waals surface area contributed by atoms with Crippen molar-refractivity contribution in [2.75, 3.05) is 32.2 Å². The first-order valence-electron chi connectivity index (χ1n) is 7.09. The van der Waals surface area contributed by atoms with Gasteiger partial charge in [0, 0.05) is 12.0 Å². The Hall–Kier alpha value is 0.270. The largest absolute Gasteiger partial charge is 0.381 e. The molecular weight excluding hydrogens is 232 g/mol. The highest BCUT2D eigenvalue weighted by atomic mass is 32.1. The summed E-state index contributed by atoms with van der Waals surface area (Å²) in [5.41, 5.74) is 0.354. The number of rotatable bonds is 11. The zero-order valence-electron chi connectivity index (χ0n) is 11.2. The molecular formula is C14H28O2S. The van der Waals surface area contributed by atoms with Crippen molar-refractivity contribution in [2.45, 2.75) is 51.9 Å². The molecule has 102 valence electrons. The molecule has 1 rings (SSSR count). The van der Waals surface area contributed by atoms with E-state index in [0.29, 0.717) is 5.41 Å². The topological polar surface area (TPSA) is 18.5 Å². The Kier molecular flexibility index (Phi) is 8.33. The maximum Gasteiger partial charge on any atom is 0.0566 e. The van der Waals surface area contributed by atoms with Crippen molar-refractivity contribution >= 4 is 12.6 Å². The van der Waals surface area contributed by atoms with Gasteiger partial charge in [-0.05, 0) is 25.0 Å². The average Bonchev–Trinajstić information content (AvgIpc) is 2.30. The van der Waals surface area contributed by atoms with Crippen LogP contribution in [-0.4, -0.2) is 32.2 Å². The smallest absolute Gasteiger partial charge is 0.0566 e. The van der Waals surface area contributed by atoms with Gasteiger partial charge >= 0.3 is 0 Å². The monoisotopic (exact) mass is 260 g/mol. The van der Waals surface area contributed by atoms with E-state index in [4.69, 9.17) is 9.47 Å². The molecule has 0 atom stereocenters. The summed E-state index contributed by atoms with van der Waals surface area (Å²) >= 11 is 4.21. The van der Waals surface area contributed by atoms with Gasteiger partial charge in [-0.3, -0.25) is 0 Å². The minimum atomic E-state index is 0.354. The lowest BCUT2D eigenvalue weighted by atomic mass is 9.84. The number of thiol groups is 1. The minimum Gasteiger partial charge on any atom is -0.381 e. The lowest BCUT2D eigenvalue weighted by Crippen LogP contribution is -2.45. The van der Waals surface area contributed by atoms with Crippen LogP contribution >= 0.6 is 12.6 Å². The van der Waals surface area contributed by atoms with Crippen LogP contribution in [0.5, 0.6) is 0 Å². The van der Waals surface area contributed by atoms with Gasteiger partial charge in [0.2, 0.25) is 0 Å². The van der Waals surface area contributed by atoms with Crippen LogP contribution in [0.4, 0.5) is 0 Å². The Morgan fingerprint density at radius 3 is 2.24 bits per heavy atom. The van der Waals surface area contributed by atoms with Gasteiger partial charge in [0.15, 0.2) is 0 Å². The normalized spacial score (nSPS) is 18.0. The summed E-state index contributed by atoms with van der Waals surface area (Å²) in [5, 5.41) is 0. The molecule has 17 heavy (non-hydrogen) atoms. The first-order valence-corrected chi connectivity index (χ1v) is 7.72. The van der Waals surface area contributed by atoms with Gasteiger partial charge in [0.25, 0.3) is 0 Å². The van der Waals surface area contributed by atoms with E-state index in [1.54, 1.807) is 0 Å². The maximum absolute atomic E-state index is 5.77. The molecule has 1 aliphatic rings. The van der Waals surface area contributed by atoms with Crippen molar-refractivity contribution in [3.63, 3.8) is 0 Å². The van der Waals surface area contributed by atoms with Crippen LogP contribution in [0.3, 0.4) is 0 Å². The predicted molar refractivity (Wildman–Crippen MR) is 75.9 cm³/mol. The molecule has 1 heterocycles. The lowest BCUT2D eigenvalue weighted by molar-refractivity contribution is -0.150. The first kappa shape index (κ1) is 15.3. The molecule has 0 aliphatic carbocycles. The molecule has 0 aromatic rings. The minimum absolute atomic E-state index is 0.354. The van der Waals surface area contributed by atoms with E-state index in [0.717, 1.165) is 32.2 Å². The van der Waals surface area contributed by atoms with E-state index < -0.39 is 0 Å². The molecule has 0 unspecified atom stereocenters.